The summed E-state index contributed by atoms with van der Waals surface area (Å²) >= 11 is 0. The fourth-order valence-corrected chi connectivity index (χ4v) is 1.94. The monoisotopic (exact) mass is 207 g/mol. The number of guanidine groups is 1. The summed E-state index contributed by atoms with van der Waals surface area (Å²) in [6, 6.07) is 0.277. The van der Waals surface area contributed by atoms with Crippen LogP contribution in [-0.4, -0.2) is 33.7 Å². The highest BCUT2D eigenvalue weighted by molar-refractivity contribution is 5.80. The molecule has 2 N–H and O–H groups in total. The van der Waals surface area contributed by atoms with Gasteiger partial charge in [-0.1, -0.05) is 6.92 Å². The van der Waals surface area contributed by atoms with Gasteiger partial charge in [0, 0.05) is 25.4 Å². The molecule has 2 heterocycles. The molecule has 0 aromatic carbocycles. The normalized spacial score (nSPS) is 20.8. The van der Waals surface area contributed by atoms with Gasteiger partial charge in [0.05, 0.1) is 18.8 Å². The minimum absolute atomic E-state index is 0.277. The molecular weight excluding hydrogens is 190 g/mol. The van der Waals surface area contributed by atoms with Gasteiger partial charge >= 0.3 is 0 Å². The van der Waals surface area contributed by atoms with Crippen molar-refractivity contribution in [3.63, 3.8) is 0 Å². The maximum Gasteiger partial charge on any atom is 0.191 e. The van der Waals surface area contributed by atoms with Crippen LogP contribution in [0.5, 0.6) is 0 Å². The number of aliphatic imine (C=N–C) groups is 1. The van der Waals surface area contributed by atoms with E-state index >= 15 is 0 Å². The van der Waals surface area contributed by atoms with E-state index in [1.165, 1.54) is 5.56 Å². The predicted octanol–water partition coefficient (Wildman–Crippen LogP) is 0.501. The molecule has 0 radical (unpaired) electrons. The molecule has 1 unspecified atom stereocenters. The Morgan fingerprint density at radius 1 is 1.60 bits per heavy atom. The molecule has 0 spiro atoms. The van der Waals surface area contributed by atoms with E-state index in [9.17, 15) is 0 Å². The van der Waals surface area contributed by atoms with E-state index in [0.29, 0.717) is 5.96 Å². The molecule has 0 saturated carbocycles. The van der Waals surface area contributed by atoms with Crippen molar-refractivity contribution in [1.82, 2.24) is 14.7 Å². The lowest BCUT2D eigenvalue weighted by molar-refractivity contribution is 0.347. The zero-order valence-electron chi connectivity index (χ0n) is 9.22. The van der Waals surface area contributed by atoms with Gasteiger partial charge in [0.1, 0.15) is 0 Å². The topological polar surface area (TPSA) is 59.4 Å². The molecule has 2 rings (SSSR count). The van der Waals surface area contributed by atoms with E-state index in [2.05, 4.69) is 21.9 Å². The van der Waals surface area contributed by atoms with E-state index in [4.69, 9.17) is 5.73 Å². The Bertz CT molecular complexity index is 368. The van der Waals surface area contributed by atoms with Crippen LogP contribution in [0.25, 0.3) is 0 Å². The number of aromatic nitrogens is 2. The highest BCUT2D eigenvalue weighted by Crippen LogP contribution is 2.24. The van der Waals surface area contributed by atoms with Crippen LogP contribution < -0.4 is 5.73 Å². The molecule has 1 aromatic rings. The lowest BCUT2D eigenvalue weighted by Gasteiger charge is -2.24. The standard InChI is InChI=1S/C10H17N5/c1-3-4-15-9(6-12-10(15)11)8-5-13-14(2)7-8/h5,7,9H,3-4,6H2,1-2H3,(H2,11,12). The maximum atomic E-state index is 5.85. The third-order valence-corrected chi connectivity index (χ3v) is 2.67. The fourth-order valence-electron chi connectivity index (χ4n) is 1.94. The quantitative estimate of drug-likeness (QED) is 0.785. The van der Waals surface area contributed by atoms with Gasteiger partial charge in [-0.15, -0.1) is 0 Å². The number of nitrogens with two attached hydrogens (primary N) is 1. The van der Waals surface area contributed by atoms with Gasteiger partial charge in [-0.3, -0.25) is 9.67 Å². The van der Waals surface area contributed by atoms with Crippen LogP contribution in [0.4, 0.5) is 0 Å². The van der Waals surface area contributed by atoms with Crippen molar-refractivity contribution in [2.24, 2.45) is 17.8 Å². The first kappa shape index (κ1) is 10.0. The Morgan fingerprint density at radius 2 is 2.40 bits per heavy atom. The first-order valence-corrected chi connectivity index (χ1v) is 5.27. The van der Waals surface area contributed by atoms with Gasteiger partial charge < -0.3 is 10.6 Å². The second-order valence-electron chi connectivity index (χ2n) is 3.86. The predicted molar refractivity (Wildman–Crippen MR) is 59.4 cm³/mol. The Morgan fingerprint density at radius 3 is 3.00 bits per heavy atom. The highest BCUT2D eigenvalue weighted by atomic mass is 15.3. The Labute approximate surface area is 89.6 Å². The van der Waals surface area contributed by atoms with Crippen molar-refractivity contribution in [1.29, 1.82) is 0 Å². The number of nitrogens with zero attached hydrogens (tertiary/aromatic N) is 4. The van der Waals surface area contributed by atoms with Gasteiger partial charge in [-0.2, -0.15) is 5.10 Å². The van der Waals surface area contributed by atoms with Crippen molar-refractivity contribution in [3.05, 3.63) is 18.0 Å². The molecule has 1 aromatic heterocycles. The summed E-state index contributed by atoms with van der Waals surface area (Å²) in [6.45, 7) is 3.85. The number of aryl methyl sites for hydroxylation is 1. The van der Waals surface area contributed by atoms with Crippen molar-refractivity contribution >= 4 is 5.96 Å². The summed E-state index contributed by atoms with van der Waals surface area (Å²) in [5, 5.41) is 4.18. The minimum Gasteiger partial charge on any atom is -0.370 e. The van der Waals surface area contributed by atoms with Crippen LogP contribution in [-0.2, 0) is 7.05 Å². The summed E-state index contributed by atoms with van der Waals surface area (Å²) in [5.41, 5.74) is 7.04. The SMILES string of the molecule is CCCN1C(N)=NCC1c1cnn(C)c1. The molecule has 5 nitrogen and oxygen atoms in total. The van der Waals surface area contributed by atoms with Gasteiger partial charge in [-0.25, -0.2) is 0 Å². The van der Waals surface area contributed by atoms with E-state index in [-0.39, 0.29) is 6.04 Å². The first-order valence-electron chi connectivity index (χ1n) is 5.27. The van der Waals surface area contributed by atoms with Crippen molar-refractivity contribution < 1.29 is 0 Å². The van der Waals surface area contributed by atoms with Crippen LogP contribution in [0, 0.1) is 0 Å². The summed E-state index contributed by atoms with van der Waals surface area (Å²) < 4.78 is 1.81. The second kappa shape index (κ2) is 3.92. The highest BCUT2D eigenvalue weighted by Gasteiger charge is 2.27. The van der Waals surface area contributed by atoms with Gasteiger partial charge in [-0.05, 0) is 6.42 Å². The Hall–Kier alpha value is -1.52. The third kappa shape index (κ3) is 1.82. The lowest BCUT2D eigenvalue weighted by Crippen LogP contribution is -2.36. The van der Waals surface area contributed by atoms with Crippen LogP contribution in [0.1, 0.15) is 24.9 Å². The van der Waals surface area contributed by atoms with Crippen LogP contribution in [0.15, 0.2) is 17.4 Å². The molecule has 1 atom stereocenters. The summed E-state index contributed by atoms with van der Waals surface area (Å²) in [6.07, 6.45) is 5.00. The molecule has 15 heavy (non-hydrogen) atoms. The van der Waals surface area contributed by atoms with E-state index in [1.54, 1.807) is 0 Å². The van der Waals surface area contributed by atoms with E-state index < -0.39 is 0 Å². The summed E-state index contributed by atoms with van der Waals surface area (Å²) in [4.78, 5) is 6.44. The molecule has 0 amide bonds. The number of hydrogen-bond donors (Lipinski definition) is 1. The second-order valence-corrected chi connectivity index (χ2v) is 3.86. The molecule has 5 heteroatoms. The number of rotatable bonds is 3. The molecule has 0 aliphatic carbocycles. The van der Waals surface area contributed by atoms with Crippen LogP contribution in [0.2, 0.25) is 0 Å². The first-order chi connectivity index (χ1) is 7.22. The molecular formula is C10H17N5. The molecule has 1 aliphatic rings. The summed E-state index contributed by atoms with van der Waals surface area (Å²) in [7, 11) is 1.92. The van der Waals surface area contributed by atoms with Crippen LogP contribution in [0.3, 0.4) is 0 Å². The van der Waals surface area contributed by atoms with Crippen LogP contribution >= 0.6 is 0 Å². The minimum atomic E-state index is 0.277. The lowest BCUT2D eigenvalue weighted by atomic mass is 10.1. The molecule has 82 valence electrons. The smallest absolute Gasteiger partial charge is 0.191 e. The van der Waals surface area contributed by atoms with Crippen molar-refractivity contribution in [2.75, 3.05) is 13.1 Å². The number of hydrogen-bond acceptors (Lipinski definition) is 4. The van der Waals surface area contributed by atoms with E-state index in [0.717, 1.165) is 19.5 Å². The Balaban J connectivity index is 2.17. The zero-order valence-corrected chi connectivity index (χ0v) is 9.22. The molecule has 0 fully saturated rings. The van der Waals surface area contributed by atoms with Gasteiger partial charge in [0.15, 0.2) is 5.96 Å². The molecule has 1 aliphatic heterocycles. The fraction of sp³-hybridized carbons (Fsp3) is 0.600. The maximum absolute atomic E-state index is 5.85. The Kier molecular flexibility index (Phi) is 2.62. The average Bonchev–Trinajstić information content (AvgIpc) is 2.76. The van der Waals surface area contributed by atoms with Gasteiger partial charge in [0.2, 0.25) is 0 Å². The third-order valence-electron chi connectivity index (χ3n) is 2.67. The van der Waals surface area contributed by atoms with Crippen molar-refractivity contribution in [2.45, 2.75) is 19.4 Å². The van der Waals surface area contributed by atoms with E-state index in [1.807, 2.05) is 24.1 Å². The van der Waals surface area contributed by atoms with Crippen molar-refractivity contribution in [3.8, 4) is 0 Å². The summed E-state index contributed by atoms with van der Waals surface area (Å²) in [5.74, 6) is 0.658. The van der Waals surface area contributed by atoms with Gasteiger partial charge in [0.25, 0.3) is 0 Å². The average molecular weight is 207 g/mol. The zero-order chi connectivity index (χ0) is 10.8. The largest absolute Gasteiger partial charge is 0.370 e. The molecule has 0 bridgehead atoms. The molecule has 0 saturated heterocycles.